The molecule has 0 amide bonds. The van der Waals surface area contributed by atoms with Gasteiger partial charge in [0, 0.05) is 10.6 Å². The minimum Gasteiger partial charge on any atom is -0.496 e. The van der Waals surface area contributed by atoms with E-state index in [4.69, 9.17) is 16.3 Å². The molecule has 4 heteroatoms. The fraction of sp³-hybridized carbons (Fsp3) is 0.188. The fourth-order valence-electron chi connectivity index (χ4n) is 2.23. The number of hydrogen-bond acceptors (Lipinski definition) is 2. The van der Waals surface area contributed by atoms with Crippen molar-refractivity contribution in [2.24, 2.45) is 0 Å². The van der Waals surface area contributed by atoms with E-state index >= 15 is 0 Å². The van der Waals surface area contributed by atoms with Gasteiger partial charge in [-0.1, -0.05) is 11.6 Å². The Balaban J connectivity index is 2.51. The van der Waals surface area contributed by atoms with Crippen molar-refractivity contribution in [1.82, 2.24) is 0 Å². The zero-order valence-corrected chi connectivity index (χ0v) is 12.2. The number of aryl methyl sites for hydroxylation is 2. The van der Waals surface area contributed by atoms with Gasteiger partial charge >= 0.3 is 0 Å². The normalized spacial score (nSPS) is 10.4. The SMILES string of the molecule is COc1c(C)cc(C(=O)c2cc(Cl)ccc2F)cc1C. The van der Waals surface area contributed by atoms with Crippen molar-refractivity contribution in [1.29, 1.82) is 0 Å². The number of methoxy groups -OCH3 is 1. The monoisotopic (exact) mass is 292 g/mol. The predicted molar refractivity (Wildman–Crippen MR) is 77.3 cm³/mol. The van der Waals surface area contributed by atoms with Gasteiger partial charge in [-0.25, -0.2) is 4.39 Å². The summed E-state index contributed by atoms with van der Waals surface area (Å²) in [5.74, 6) is -0.238. The second kappa shape index (κ2) is 5.63. The van der Waals surface area contributed by atoms with Crippen LogP contribution < -0.4 is 4.74 Å². The van der Waals surface area contributed by atoms with E-state index in [2.05, 4.69) is 0 Å². The first-order valence-electron chi connectivity index (χ1n) is 6.09. The number of carbonyl (C=O) groups excluding carboxylic acids is 1. The summed E-state index contributed by atoms with van der Waals surface area (Å²) in [4.78, 5) is 12.4. The molecule has 0 aliphatic carbocycles. The molecule has 0 bridgehead atoms. The van der Waals surface area contributed by atoms with Crippen LogP contribution in [0.5, 0.6) is 5.75 Å². The highest BCUT2D eigenvalue weighted by Gasteiger charge is 2.17. The van der Waals surface area contributed by atoms with Crippen molar-refractivity contribution in [3.05, 3.63) is 63.4 Å². The number of carbonyl (C=O) groups is 1. The van der Waals surface area contributed by atoms with Gasteiger partial charge in [0.2, 0.25) is 0 Å². The number of ketones is 1. The third-order valence-electron chi connectivity index (χ3n) is 3.10. The molecule has 0 unspecified atom stereocenters. The van der Waals surface area contributed by atoms with Crippen LogP contribution in [0.1, 0.15) is 27.0 Å². The van der Waals surface area contributed by atoms with Crippen molar-refractivity contribution in [2.75, 3.05) is 7.11 Å². The quantitative estimate of drug-likeness (QED) is 0.787. The molecular weight excluding hydrogens is 279 g/mol. The summed E-state index contributed by atoms with van der Waals surface area (Å²) in [6, 6.07) is 7.33. The minimum atomic E-state index is -0.578. The van der Waals surface area contributed by atoms with Crippen LogP contribution in [-0.4, -0.2) is 12.9 Å². The molecule has 0 aromatic heterocycles. The highest BCUT2D eigenvalue weighted by atomic mass is 35.5. The molecule has 0 aliphatic heterocycles. The van der Waals surface area contributed by atoms with E-state index in [-0.39, 0.29) is 11.3 Å². The molecule has 0 saturated heterocycles. The van der Waals surface area contributed by atoms with Crippen LogP contribution in [0.3, 0.4) is 0 Å². The van der Waals surface area contributed by atoms with Gasteiger partial charge in [0.25, 0.3) is 0 Å². The summed E-state index contributed by atoms with van der Waals surface area (Å²) in [7, 11) is 1.58. The molecule has 2 aromatic carbocycles. The minimum absolute atomic E-state index is 0.0264. The van der Waals surface area contributed by atoms with Gasteiger partial charge in [0.05, 0.1) is 12.7 Å². The topological polar surface area (TPSA) is 26.3 Å². The van der Waals surface area contributed by atoms with Crippen molar-refractivity contribution in [2.45, 2.75) is 13.8 Å². The molecule has 0 saturated carbocycles. The third-order valence-corrected chi connectivity index (χ3v) is 3.33. The third kappa shape index (κ3) is 2.68. The molecule has 0 N–H and O–H groups in total. The Morgan fingerprint density at radius 2 is 1.75 bits per heavy atom. The number of rotatable bonds is 3. The van der Waals surface area contributed by atoms with E-state index in [9.17, 15) is 9.18 Å². The summed E-state index contributed by atoms with van der Waals surface area (Å²) in [5.41, 5.74) is 2.06. The molecule has 0 fully saturated rings. The second-order valence-electron chi connectivity index (χ2n) is 4.60. The Morgan fingerprint density at radius 3 is 2.30 bits per heavy atom. The molecule has 2 aromatic rings. The number of hydrogen-bond donors (Lipinski definition) is 0. The highest BCUT2D eigenvalue weighted by Crippen LogP contribution is 2.26. The molecule has 2 nitrogen and oxygen atoms in total. The van der Waals surface area contributed by atoms with Gasteiger partial charge in [-0.3, -0.25) is 4.79 Å². The number of benzene rings is 2. The van der Waals surface area contributed by atoms with Crippen LogP contribution in [0, 0.1) is 19.7 Å². The maximum absolute atomic E-state index is 13.7. The van der Waals surface area contributed by atoms with Gasteiger partial charge < -0.3 is 4.74 Å². The first-order valence-corrected chi connectivity index (χ1v) is 6.47. The van der Waals surface area contributed by atoms with Gasteiger partial charge in [-0.2, -0.15) is 0 Å². The van der Waals surface area contributed by atoms with E-state index in [1.165, 1.54) is 18.2 Å². The lowest BCUT2D eigenvalue weighted by Crippen LogP contribution is -2.06. The fourth-order valence-corrected chi connectivity index (χ4v) is 2.40. The zero-order chi connectivity index (χ0) is 14.9. The molecule has 0 radical (unpaired) electrons. The van der Waals surface area contributed by atoms with Crippen LogP contribution in [0.15, 0.2) is 30.3 Å². The lowest BCUT2D eigenvalue weighted by Gasteiger charge is -2.11. The molecule has 0 spiro atoms. The number of halogens is 2. The summed E-state index contributed by atoms with van der Waals surface area (Å²) >= 11 is 5.82. The Hall–Kier alpha value is -1.87. The van der Waals surface area contributed by atoms with Crippen molar-refractivity contribution < 1.29 is 13.9 Å². The van der Waals surface area contributed by atoms with Crippen LogP contribution in [-0.2, 0) is 0 Å². The van der Waals surface area contributed by atoms with E-state index in [0.29, 0.717) is 10.6 Å². The lowest BCUT2D eigenvalue weighted by atomic mass is 9.98. The van der Waals surface area contributed by atoms with Crippen LogP contribution in [0.2, 0.25) is 5.02 Å². The molecule has 104 valence electrons. The van der Waals surface area contributed by atoms with Gasteiger partial charge in [-0.05, 0) is 55.3 Å². The highest BCUT2D eigenvalue weighted by molar-refractivity contribution is 6.31. The number of ether oxygens (including phenoxy) is 1. The Bertz CT molecular complexity index is 657. The summed E-state index contributed by atoms with van der Waals surface area (Å²) in [6.07, 6.45) is 0. The molecule has 0 aliphatic rings. The smallest absolute Gasteiger partial charge is 0.196 e. The Kier molecular flexibility index (Phi) is 4.09. The van der Waals surface area contributed by atoms with E-state index in [0.717, 1.165) is 16.9 Å². The van der Waals surface area contributed by atoms with E-state index in [1.807, 2.05) is 13.8 Å². The molecule has 2 rings (SSSR count). The standard InChI is InChI=1S/C16H14ClFO2/c1-9-6-11(7-10(2)16(9)20-3)15(19)13-8-12(17)4-5-14(13)18/h4-8H,1-3H3. The zero-order valence-electron chi connectivity index (χ0n) is 11.5. The predicted octanol–water partition coefficient (Wildman–Crippen LogP) is 4.34. The van der Waals surface area contributed by atoms with E-state index < -0.39 is 5.82 Å². The Labute approximate surface area is 122 Å². The summed E-state index contributed by atoms with van der Waals surface area (Å²) in [6.45, 7) is 3.69. The van der Waals surface area contributed by atoms with Crippen molar-refractivity contribution >= 4 is 17.4 Å². The second-order valence-corrected chi connectivity index (χ2v) is 5.03. The summed E-state index contributed by atoms with van der Waals surface area (Å²) < 4.78 is 19.0. The Morgan fingerprint density at radius 1 is 1.15 bits per heavy atom. The van der Waals surface area contributed by atoms with Gasteiger partial charge in [0.1, 0.15) is 11.6 Å². The van der Waals surface area contributed by atoms with Crippen LogP contribution >= 0.6 is 11.6 Å². The van der Waals surface area contributed by atoms with Gasteiger partial charge in [0.15, 0.2) is 5.78 Å². The van der Waals surface area contributed by atoms with Crippen LogP contribution in [0.25, 0.3) is 0 Å². The molecule has 20 heavy (non-hydrogen) atoms. The van der Waals surface area contributed by atoms with Crippen LogP contribution in [0.4, 0.5) is 4.39 Å². The first-order chi connectivity index (χ1) is 9.43. The average molecular weight is 293 g/mol. The molecule has 0 atom stereocenters. The van der Waals surface area contributed by atoms with Gasteiger partial charge in [-0.15, -0.1) is 0 Å². The van der Waals surface area contributed by atoms with Crippen molar-refractivity contribution in [3.8, 4) is 5.75 Å². The van der Waals surface area contributed by atoms with E-state index in [1.54, 1.807) is 19.2 Å². The molecular formula is C16H14ClFO2. The first kappa shape index (κ1) is 14.5. The maximum Gasteiger partial charge on any atom is 0.196 e. The lowest BCUT2D eigenvalue weighted by molar-refractivity contribution is 0.103. The maximum atomic E-state index is 13.7. The average Bonchev–Trinajstić information content (AvgIpc) is 2.40. The summed E-state index contributed by atoms with van der Waals surface area (Å²) in [5, 5.41) is 0.330. The molecule has 0 heterocycles. The largest absolute Gasteiger partial charge is 0.496 e. The van der Waals surface area contributed by atoms with Crippen molar-refractivity contribution in [3.63, 3.8) is 0 Å².